The molecule has 1 saturated heterocycles. The second-order valence-corrected chi connectivity index (χ2v) is 10.4. The Morgan fingerprint density at radius 2 is 1.78 bits per heavy atom. The number of carbonyl (C=O) groups is 1. The number of benzene rings is 2. The summed E-state index contributed by atoms with van der Waals surface area (Å²) in [5, 5.41) is 3.27. The van der Waals surface area contributed by atoms with E-state index in [-0.39, 0.29) is 11.8 Å². The molecule has 2 aromatic rings. The van der Waals surface area contributed by atoms with Crippen LogP contribution in [0.25, 0.3) is 0 Å². The molecule has 0 unspecified atom stereocenters. The molecule has 4 bridgehead atoms. The van der Waals surface area contributed by atoms with Crippen LogP contribution in [0.4, 0.5) is 0 Å². The monoisotopic (exact) mass is 429 g/mol. The van der Waals surface area contributed by atoms with Crippen LogP contribution < -0.4 is 5.32 Å². The fraction of sp³-hybridized carbons (Fsp3) is 0.500. The molecule has 0 aromatic heterocycles. The van der Waals surface area contributed by atoms with E-state index in [0.29, 0.717) is 30.3 Å². The molecule has 4 aliphatic rings. The van der Waals surface area contributed by atoms with Gasteiger partial charge >= 0.3 is 0 Å². The minimum absolute atomic E-state index is 0.121. The fourth-order valence-corrected chi connectivity index (χ4v) is 6.49. The van der Waals surface area contributed by atoms with Crippen molar-refractivity contribution < 1.29 is 4.79 Å². The number of aliphatic imine (C=N–C) groups is 1. The highest BCUT2D eigenvalue weighted by molar-refractivity contribution is 5.91. The van der Waals surface area contributed by atoms with Crippen molar-refractivity contribution in [1.82, 2.24) is 10.2 Å². The molecule has 168 valence electrons. The zero-order chi connectivity index (χ0) is 22.1. The smallest absolute Gasteiger partial charge is 0.248 e. The maximum absolute atomic E-state index is 13.8. The van der Waals surface area contributed by atoms with Crippen LogP contribution in [0.3, 0.4) is 0 Å². The van der Waals surface area contributed by atoms with E-state index >= 15 is 0 Å². The molecule has 3 heterocycles. The van der Waals surface area contributed by atoms with Crippen molar-refractivity contribution >= 4 is 12.1 Å². The first kappa shape index (κ1) is 21.4. The van der Waals surface area contributed by atoms with Gasteiger partial charge in [-0.2, -0.15) is 0 Å². The predicted molar refractivity (Wildman–Crippen MR) is 130 cm³/mol. The quantitative estimate of drug-likeness (QED) is 0.678. The molecule has 6 rings (SSSR count). The van der Waals surface area contributed by atoms with Crippen LogP contribution in [0.2, 0.25) is 0 Å². The molecule has 0 spiro atoms. The van der Waals surface area contributed by atoms with Gasteiger partial charge in [0, 0.05) is 43.7 Å². The molecule has 4 nitrogen and oxygen atoms in total. The van der Waals surface area contributed by atoms with Crippen LogP contribution in [0.5, 0.6) is 0 Å². The van der Waals surface area contributed by atoms with Crippen molar-refractivity contribution in [2.45, 2.75) is 51.2 Å². The Morgan fingerprint density at radius 1 is 1.09 bits per heavy atom. The van der Waals surface area contributed by atoms with Gasteiger partial charge in [0.1, 0.15) is 5.54 Å². The molecule has 5 atom stereocenters. The van der Waals surface area contributed by atoms with E-state index in [1.807, 2.05) is 18.2 Å². The van der Waals surface area contributed by atoms with Gasteiger partial charge in [-0.15, -0.1) is 0 Å². The molecule has 0 radical (unpaired) electrons. The number of nitrogens with one attached hydrogen (secondary N) is 1. The van der Waals surface area contributed by atoms with Gasteiger partial charge < -0.3 is 5.32 Å². The molecule has 2 aromatic carbocycles. The van der Waals surface area contributed by atoms with Crippen molar-refractivity contribution in [3.8, 4) is 0 Å². The summed E-state index contributed by atoms with van der Waals surface area (Å²) in [5.41, 5.74) is 1.86. The van der Waals surface area contributed by atoms with Crippen LogP contribution >= 0.6 is 0 Å². The molecule has 1 N–H and O–H groups in total. The number of aryl methyl sites for hydroxylation is 1. The summed E-state index contributed by atoms with van der Waals surface area (Å²) in [5.74, 6) is 2.05. The third kappa shape index (κ3) is 3.90. The van der Waals surface area contributed by atoms with Gasteiger partial charge in [0.05, 0.1) is 0 Å². The van der Waals surface area contributed by atoms with Gasteiger partial charge in [0.2, 0.25) is 5.91 Å². The van der Waals surface area contributed by atoms with E-state index in [1.165, 1.54) is 5.56 Å². The first-order chi connectivity index (χ1) is 15.6. The van der Waals surface area contributed by atoms with E-state index in [9.17, 15) is 4.79 Å². The first-order valence-electron chi connectivity index (χ1n) is 12.2. The predicted octanol–water partition coefficient (Wildman–Crippen LogP) is 4.35. The molecule has 1 aliphatic carbocycles. The highest BCUT2D eigenvalue weighted by Gasteiger charge is 2.63. The molecule has 1 amide bonds. The highest BCUT2D eigenvalue weighted by atomic mass is 16.2. The van der Waals surface area contributed by atoms with Gasteiger partial charge in [-0.25, -0.2) is 0 Å². The Bertz CT molecular complexity index is 957. The molecule has 1 saturated carbocycles. The molecular formula is C28H35N3O. The lowest BCUT2D eigenvalue weighted by Gasteiger charge is -2.51. The summed E-state index contributed by atoms with van der Waals surface area (Å²) in [6, 6.07) is 21.3. The van der Waals surface area contributed by atoms with Gasteiger partial charge in [-0.05, 0) is 42.2 Å². The van der Waals surface area contributed by atoms with Gasteiger partial charge in [-0.3, -0.25) is 14.7 Å². The summed E-state index contributed by atoms with van der Waals surface area (Å²) in [4.78, 5) is 21.5. The van der Waals surface area contributed by atoms with Crippen LogP contribution in [0, 0.1) is 23.7 Å². The standard InChI is InChI=1S/C28H35N3O/c1-20(2)18-31-19-23-15-28(27(32)29-16-22-11-7-4-8-12-22)25(26(31)24(23)17-30-28)14-13-21-9-5-3-6-10-21/h3-12,17,20,23-26H,13-16,18-19H2,1-2H3,(H,29,32)/t23-,24-,25+,26+,28+/m1/s1. The SMILES string of the molecule is CC(C)CN1C[C@H]2C[C@]3(C(=O)NCc4ccccc4)N=C[C@H]2[C@H]1[C@@H]3CCc1ccccc1. The topological polar surface area (TPSA) is 44.7 Å². The van der Waals surface area contributed by atoms with E-state index in [0.717, 1.165) is 37.9 Å². The number of rotatable bonds is 8. The van der Waals surface area contributed by atoms with Crippen molar-refractivity contribution in [3.05, 3.63) is 71.8 Å². The molecule has 4 heteroatoms. The van der Waals surface area contributed by atoms with E-state index < -0.39 is 5.54 Å². The van der Waals surface area contributed by atoms with E-state index in [2.05, 4.69) is 72.7 Å². The third-order valence-electron chi connectivity index (χ3n) is 7.78. The zero-order valence-electron chi connectivity index (χ0n) is 19.3. The Labute approximate surface area is 192 Å². The van der Waals surface area contributed by atoms with Crippen LogP contribution in [-0.4, -0.2) is 41.7 Å². The van der Waals surface area contributed by atoms with E-state index in [4.69, 9.17) is 4.99 Å². The zero-order valence-corrected chi connectivity index (χ0v) is 19.3. The lowest BCUT2D eigenvalue weighted by atomic mass is 9.59. The Hall–Kier alpha value is -2.46. The van der Waals surface area contributed by atoms with Crippen molar-refractivity contribution in [1.29, 1.82) is 0 Å². The van der Waals surface area contributed by atoms with Crippen molar-refractivity contribution in [3.63, 3.8) is 0 Å². The highest BCUT2D eigenvalue weighted by Crippen LogP contribution is 2.54. The number of hydrogen-bond donors (Lipinski definition) is 1. The largest absolute Gasteiger partial charge is 0.350 e. The van der Waals surface area contributed by atoms with Crippen LogP contribution in [0.15, 0.2) is 65.7 Å². The van der Waals surface area contributed by atoms with Crippen LogP contribution in [0.1, 0.15) is 37.8 Å². The summed E-state index contributed by atoms with van der Waals surface area (Å²) in [6.07, 6.45) is 5.04. The van der Waals surface area contributed by atoms with Gasteiger partial charge in [0.25, 0.3) is 0 Å². The van der Waals surface area contributed by atoms with Crippen molar-refractivity contribution in [2.75, 3.05) is 13.1 Å². The lowest BCUT2D eigenvalue weighted by molar-refractivity contribution is -0.132. The molecule has 32 heavy (non-hydrogen) atoms. The third-order valence-corrected chi connectivity index (χ3v) is 7.78. The number of likely N-dealkylation sites (tertiary alicyclic amines) is 1. The first-order valence-corrected chi connectivity index (χ1v) is 12.2. The minimum Gasteiger partial charge on any atom is -0.350 e. The average molecular weight is 430 g/mol. The minimum atomic E-state index is -0.626. The number of nitrogens with zero attached hydrogens (tertiary/aromatic N) is 2. The normalized spacial score (nSPS) is 30.7. The number of carbonyl (C=O) groups excluding carboxylic acids is 1. The number of hydrogen-bond acceptors (Lipinski definition) is 3. The summed E-state index contributed by atoms with van der Waals surface area (Å²) < 4.78 is 0. The molecule has 2 fully saturated rings. The van der Waals surface area contributed by atoms with E-state index in [1.54, 1.807) is 0 Å². The molecular weight excluding hydrogens is 394 g/mol. The summed E-state index contributed by atoms with van der Waals surface area (Å²) in [6.45, 7) is 7.38. The van der Waals surface area contributed by atoms with Gasteiger partial charge in [-0.1, -0.05) is 74.5 Å². The fourth-order valence-electron chi connectivity index (χ4n) is 6.49. The molecule has 3 aliphatic heterocycles. The Kier molecular flexibility index (Phi) is 5.90. The Morgan fingerprint density at radius 3 is 2.47 bits per heavy atom. The number of amides is 1. The van der Waals surface area contributed by atoms with Crippen LogP contribution in [-0.2, 0) is 17.8 Å². The average Bonchev–Trinajstić information content (AvgIpc) is 3.10. The Balaban J connectivity index is 1.41. The summed E-state index contributed by atoms with van der Waals surface area (Å²) >= 11 is 0. The summed E-state index contributed by atoms with van der Waals surface area (Å²) in [7, 11) is 0. The van der Waals surface area contributed by atoms with Gasteiger partial charge in [0.15, 0.2) is 0 Å². The van der Waals surface area contributed by atoms with Crippen molar-refractivity contribution in [2.24, 2.45) is 28.7 Å². The second-order valence-electron chi connectivity index (χ2n) is 10.4. The maximum Gasteiger partial charge on any atom is 0.248 e. The lowest BCUT2D eigenvalue weighted by Crippen LogP contribution is -2.63. The second kappa shape index (κ2) is 8.82. The maximum atomic E-state index is 13.8.